The second-order valence-corrected chi connectivity index (χ2v) is 8.82. The molecule has 0 atom stereocenters. The van der Waals surface area contributed by atoms with E-state index in [1.165, 1.54) is 0 Å². The molecule has 0 spiro atoms. The molecule has 0 saturated carbocycles. The number of pyridine rings is 1. The van der Waals surface area contributed by atoms with E-state index in [4.69, 9.17) is 0 Å². The second kappa shape index (κ2) is 8.20. The molecule has 9 heteroatoms. The molecule has 6 nitrogen and oxygen atoms in total. The predicted octanol–water partition coefficient (Wildman–Crippen LogP) is 4.53. The first-order chi connectivity index (χ1) is 13.9. The Morgan fingerprint density at radius 3 is 2.47 bits per heavy atom. The summed E-state index contributed by atoms with van der Waals surface area (Å²) >= 11 is 0. The van der Waals surface area contributed by atoms with Crippen LogP contribution in [-0.4, -0.2) is 27.4 Å². The molecule has 0 radical (unpaired) electrons. The Balaban J connectivity index is 1.77. The molecule has 2 aromatic rings. The summed E-state index contributed by atoms with van der Waals surface area (Å²) in [6.45, 7) is 8.90. The van der Waals surface area contributed by atoms with Crippen LogP contribution in [0.2, 0.25) is 0 Å². The minimum absolute atomic E-state index is 0.0798. The van der Waals surface area contributed by atoms with Crippen LogP contribution in [0.4, 0.5) is 24.7 Å². The third-order valence-electron chi connectivity index (χ3n) is 4.77. The van der Waals surface area contributed by atoms with Crippen molar-refractivity contribution in [2.45, 2.75) is 59.7 Å². The molecule has 162 valence electrons. The minimum Gasteiger partial charge on any atom is -0.362 e. The van der Waals surface area contributed by atoms with Crippen molar-refractivity contribution in [3.05, 3.63) is 41.1 Å². The summed E-state index contributed by atoms with van der Waals surface area (Å²) in [5, 5.41) is 2.90. The molecule has 1 N–H and O–H groups in total. The van der Waals surface area contributed by atoms with Crippen molar-refractivity contribution in [1.82, 2.24) is 15.0 Å². The van der Waals surface area contributed by atoms with E-state index in [9.17, 15) is 18.0 Å². The first-order valence-electron chi connectivity index (χ1n) is 9.86. The number of hydrogen-bond donors (Lipinski definition) is 1. The molecule has 0 aromatic carbocycles. The smallest absolute Gasteiger partial charge is 0.362 e. The Labute approximate surface area is 173 Å². The number of aromatic nitrogens is 3. The van der Waals surface area contributed by atoms with Gasteiger partial charge in [-0.1, -0.05) is 20.8 Å². The molecule has 0 fully saturated rings. The van der Waals surface area contributed by atoms with Gasteiger partial charge in [0.1, 0.15) is 11.6 Å². The molecule has 1 aliphatic rings. The van der Waals surface area contributed by atoms with Gasteiger partial charge in [-0.3, -0.25) is 4.79 Å². The van der Waals surface area contributed by atoms with Gasteiger partial charge in [-0.2, -0.15) is 13.2 Å². The number of hydrogen-bond acceptors (Lipinski definition) is 5. The van der Waals surface area contributed by atoms with Crippen LogP contribution in [0.5, 0.6) is 0 Å². The van der Waals surface area contributed by atoms with Crippen molar-refractivity contribution < 1.29 is 18.0 Å². The zero-order valence-corrected chi connectivity index (χ0v) is 17.6. The molecule has 3 heterocycles. The number of amides is 1. The van der Waals surface area contributed by atoms with Gasteiger partial charge in [0.05, 0.1) is 23.5 Å². The van der Waals surface area contributed by atoms with E-state index in [0.717, 1.165) is 48.7 Å². The molecule has 0 bridgehead atoms. The van der Waals surface area contributed by atoms with Crippen molar-refractivity contribution in [3.63, 3.8) is 0 Å². The van der Waals surface area contributed by atoms with Gasteiger partial charge in [0.25, 0.3) is 0 Å². The van der Waals surface area contributed by atoms with Gasteiger partial charge in [-0.15, -0.1) is 0 Å². The number of anilines is 2. The lowest BCUT2D eigenvalue weighted by molar-refractivity contribution is -0.138. The summed E-state index contributed by atoms with van der Waals surface area (Å²) in [4.78, 5) is 26.7. The third kappa shape index (κ3) is 5.46. The van der Waals surface area contributed by atoms with E-state index in [1.807, 2.05) is 38.7 Å². The highest BCUT2D eigenvalue weighted by Crippen LogP contribution is 2.31. The van der Waals surface area contributed by atoms with E-state index < -0.39 is 11.7 Å². The summed E-state index contributed by atoms with van der Waals surface area (Å²) in [5.74, 6) is 0.788. The molecule has 0 unspecified atom stereocenters. The molecule has 0 saturated heterocycles. The van der Waals surface area contributed by atoms with E-state index in [2.05, 4.69) is 20.3 Å². The van der Waals surface area contributed by atoms with Gasteiger partial charge >= 0.3 is 6.18 Å². The highest BCUT2D eigenvalue weighted by atomic mass is 19.4. The van der Waals surface area contributed by atoms with Crippen LogP contribution in [0, 0.1) is 12.3 Å². The lowest BCUT2D eigenvalue weighted by atomic mass is 9.92. The van der Waals surface area contributed by atoms with Gasteiger partial charge in [0.15, 0.2) is 0 Å². The molecular weight excluding hydrogens is 395 g/mol. The Morgan fingerprint density at radius 2 is 1.87 bits per heavy atom. The fourth-order valence-electron chi connectivity index (χ4n) is 3.35. The molecule has 0 aliphatic carbocycles. The number of fused-ring (bicyclic) bond motifs is 1. The molecular formula is C21H26F3N5O. The van der Waals surface area contributed by atoms with Crippen LogP contribution in [0.25, 0.3) is 0 Å². The number of aryl methyl sites for hydroxylation is 2. The van der Waals surface area contributed by atoms with E-state index in [0.29, 0.717) is 24.6 Å². The van der Waals surface area contributed by atoms with E-state index in [-0.39, 0.29) is 11.3 Å². The molecule has 1 aliphatic heterocycles. The molecule has 1 amide bonds. The normalized spacial score (nSPS) is 14.4. The maximum atomic E-state index is 12.7. The average Bonchev–Trinajstić information content (AvgIpc) is 2.61. The standard InChI is InChI=1S/C21H26F3N5O/c1-13-8-16-15(27-19(13)28-18(30)9-20(2,3)4)6-5-7-29(16)12-17-25-10-14(11-26-17)21(22,23)24/h8,10-11H,5-7,9,12H2,1-4H3,(H,27,28,30). The molecule has 2 aromatic heterocycles. The topological polar surface area (TPSA) is 71.0 Å². The average molecular weight is 421 g/mol. The summed E-state index contributed by atoms with van der Waals surface area (Å²) in [6, 6.07) is 1.96. The monoisotopic (exact) mass is 421 g/mol. The lowest BCUT2D eigenvalue weighted by Crippen LogP contribution is -2.31. The number of alkyl halides is 3. The quantitative estimate of drug-likeness (QED) is 0.786. The van der Waals surface area contributed by atoms with Crippen molar-refractivity contribution in [3.8, 4) is 0 Å². The number of nitrogens with zero attached hydrogens (tertiary/aromatic N) is 4. The predicted molar refractivity (Wildman–Crippen MR) is 108 cm³/mol. The van der Waals surface area contributed by atoms with Crippen LogP contribution >= 0.6 is 0 Å². The number of carbonyl (C=O) groups is 1. The second-order valence-electron chi connectivity index (χ2n) is 8.82. The van der Waals surface area contributed by atoms with Gasteiger partial charge in [-0.25, -0.2) is 15.0 Å². The largest absolute Gasteiger partial charge is 0.419 e. The van der Waals surface area contributed by atoms with E-state index >= 15 is 0 Å². The first-order valence-corrected chi connectivity index (χ1v) is 9.86. The fraction of sp³-hybridized carbons (Fsp3) is 0.524. The summed E-state index contributed by atoms with van der Waals surface area (Å²) in [6.07, 6.45) is -0.829. The van der Waals surface area contributed by atoms with Crippen LogP contribution < -0.4 is 10.2 Å². The maximum absolute atomic E-state index is 12.7. The number of carbonyl (C=O) groups excluding carboxylic acids is 1. The summed E-state index contributed by atoms with van der Waals surface area (Å²) < 4.78 is 38.1. The van der Waals surface area contributed by atoms with Crippen molar-refractivity contribution in [2.75, 3.05) is 16.8 Å². The van der Waals surface area contributed by atoms with Gasteiger partial charge in [0.2, 0.25) is 5.91 Å². The van der Waals surface area contributed by atoms with Crippen LogP contribution in [0.15, 0.2) is 18.5 Å². The lowest BCUT2D eigenvalue weighted by Gasteiger charge is -2.31. The van der Waals surface area contributed by atoms with Crippen LogP contribution in [0.3, 0.4) is 0 Å². The van der Waals surface area contributed by atoms with Gasteiger partial charge < -0.3 is 10.2 Å². The van der Waals surface area contributed by atoms with Crippen LogP contribution in [-0.2, 0) is 23.9 Å². The molecule has 30 heavy (non-hydrogen) atoms. The number of rotatable bonds is 4. The number of nitrogens with one attached hydrogen (secondary N) is 1. The Morgan fingerprint density at radius 1 is 1.20 bits per heavy atom. The van der Waals surface area contributed by atoms with Gasteiger partial charge in [-0.05, 0) is 36.8 Å². The highest BCUT2D eigenvalue weighted by molar-refractivity contribution is 5.91. The fourth-order valence-corrected chi connectivity index (χ4v) is 3.35. The van der Waals surface area contributed by atoms with Crippen LogP contribution in [0.1, 0.15) is 56.3 Å². The summed E-state index contributed by atoms with van der Waals surface area (Å²) in [7, 11) is 0. The zero-order valence-electron chi connectivity index (χ0n) is 17.6. The van der Waals surface area contributed by atoms with E-state index in [1.54, 1.807) is 0 Å². The van der Waals surface area contributed by atoms with Gasteiger partial charge in [0, 0.05) is 25.4 Å². The van der Waals surface area contributed by atoms with Crippen molar-refractivity contribution >= 4 is 17.4 Å². The SMILES string of the molecule is Cc1cc2c(nc1NC(=O)CC(C)(C)C)CCCN2Cc1ncc(C(F)(F)F)cn1. The Hall–Kier alpha value is -2.71. The number of halogens is 3. The minimum atomic E-state index is -4.45. The zero-order chi connectivity index (χ0) is 22.1. The third-order valence-corrected chi connectivity index (χ3v) is 4.77. The Bertz CT molecular complexity index is 920. The van der Waals surface area contributed by atoms with Crippen molar-refractivity contribution in [2.24, 2.45) is 5.41 Å². The maximum Gasteiger partial charge on any atom is 0.419 e. The van der Waals surface area contributed by atoms with Crippen molar-refractivity contribution in [1.29, 1.82) is 0 Å². The highest BCUT2D eigenvalue weighted by Gasteiger charge is 2.31. The first kappa shape index (κ1) is 22.0. The summed E-state index contributed by atoms with van der Waals surface area (Å²) in [5.41, 5.74) is 1.60. The Kier molecular flexibility index (Phi) is 6.01. The molecule has 3 rings (SSSR count).